The van der Waals surface area contributed by atoms with Gasteiger partial charge in [-0.3, -0.25) is 4.90 Å². The summed E-state index contributed by atoms with van der Waals surface area (Å²) in [6.07, 6.45) is 6.88. The molecule has 1 aromatic carbocycles. The van der Waals surface area contributed by atoms with Crippen molar-refractivity contribution in [3.8, 4) is 0 Å². The molecule has 0 N–H and O–H groups in total. The van der Waals surface area contributed by atoms with Crippen LogP contribution in [0.15, 0.2) is 36.5 Å². The van der Waals surface area contributed by atoms with Crippen LogP contribution in [0.4, 0.5) is 0 Å². The molecule has 4 rings (SSSR count). The van der Waals surface area contributed by atoms with E-state index in [4.69, 9.17) is 9.97 Å². The summed E-state index contributed by atoms with van der Waals surface area (Å²) in [7, 11) is 2.17. The molecule has 138 valence electrons. The summed E-state index contributed by atoms with van der Waals surface area (Å²) in [6, 6.07) is 11.2. The van der Waals surface area contributed by atoms with Crippen molar-refractivity contribution in [1.29, 1.82) is 0 Å². The Labute approximate surface area is 157 Å². The second kappa shape index (κ2) is 7.85. The number of hydrogen-bond acceptors (Lipinski definition) is 4. The molecule has 0 saturated carbocycles. The molecule has 0 spiro atoms. The normalized spacial score (nSPS) is 22.8. The molecule has 0 unspecified atom stereocenters. The van der Waals surface area contributed by atoms with Gasteiger partial charge in [0.2, 0.25) is 0 Å². The molecule has 1 saturated heterocycles. The zero-order valence-electron chi connectivity index (χ0n) is 16.1. The number of fused-ring (bicyclic) bond motifs is 1. The third kappa shape index (κ3) is 3.81. The first-order chi connectivity index (χ1) is 12.7. The Bertz CT molecular complexity index is 730. The molecule has 1 fully saturated rings. The van der Waals surface area contributed by atoms with Gasteiger partial charge in [-0.05, 0) is 37.9 Å². The van der Waals surface area contributed by atoms with E-state index in [0.29, 0.717) is 12.0 Å². The number of piperidine rings is 1. The zero-order valence-corrected chi connectivity index (χ0v) is 16.1. The van der Waals surface area contributed by atoms with E-state index in [1.54, 1.807) is 0 Å². The molecule has 2 aliphatic heterocycles. The Hall–Kier alpha value is -1.78. The molecule has 26 heavy (non-hydrogen) atoms. The van der Waals surface area contributed by atoms with Crippen LogP contribution in [0.2, 0.25) is 0 Å². The van der Waals surface area contributed by atoms with Crippen LogP contribution >= 0.6 is 0 Å². The monoisotopic (exact) mass is 350 g/mol. The molecular formula is C22H30N4. The van der Waals surface area contributed by atoms with Gasteiger partial charge in [-0.25, -0.2) is 9.97 Å². The second-order valence-corrected chi connectivity index (χ2v) is 8.01. The van der Waals surface area contributed by atoms with Crippen LogP contribution in [0.1, 0.15) is 60.8 Å². The summed E-state index contributed by atoms with van der Waals surface area (Å²) in [5, 5.41) is 0. The molecule has 4 heteroatoms. The Morgan fingerprint density at radius 3 is 2.85 bits per heavy atom. The third-order valence-electron chi connectivity index (χ3n) is 5.93. The molecule has 1 aromatic heterocycles. The summed E-state index contributed by atoms with van der Waals surface area (Å²) in [5.74, 6) is 1.58. The van der Waals surface area contributed by atoms with Gasteiger partial charge in [-0.15, -0.1) is 0 Å². The maximum atomic E-state index is 5.02. The number of aromatic nitrogens is 2. The van der Waals surface area contributed by atoms with E-state index in [2.05, 4.69) is 60.3 Å². The summed E-state index contributed by atoms with van der Waals surface area (Å²) < 4.78 is 0. The highest BCUT2D eigenvalue weighted by atomic mass is 15.2. The molecule has 2 aromatic rings. The molecule has 0 aliphatic carbocycles. The molecule has 3 heterocycles. The van der Waals surface area contributed by atoms with Gasteiger partial charge in [-0.2, -0.15) is 0 Å². The van der Waals surface area contributed by atoms with Gasteiger partial charge in [0.25, 0.3) is 0 Å². The molecule has 0 amide bonds. The van der Waals surface area contributed by atoms with Crippen molar-refractivity contribution in [2.45, 2.75) is 51.1 Å². The predicted octanol–water partition coefficient (Wildman–Crippen LogP) is 3.80. The lowest BCUT2D eigenvalue weighted by molar-refractivity contribution is 0.134. The first kappa shape index (κ1) is 17.6. The standard InChI is InChI=1S/C22H30N4/c1-17(18-8-4-3-5-9-18)15-26-12-7-6-10-21(26)22-23-14-19-16-25(2)13-11-20(19)24-22/h3-5,8-9,14,17,21H,6-7,10-13,15-16H2,1-2H3/t17-,21+/m1/s1. The lowest BCUT2D eigenvalue weighted by Gasteiger charge is -2.37. The number of likely N-dealkylation sites (tertiary alicyclic amines) is 1. The van der Waals surface area contributed by atoms with Crippen molar-refractivity contribution in [1.82, 2.24) is 19.8 Å². The van der Waals surface area contributed by atoms with Crippen LogP contribution in [0.3, 0.4) is 0 Å². The lowest BCUT2D eigenvalue weighted by Crippen LogP contribution is -2.37. The summed E-state index contributed by atoms with van der Waals surface area (Å²) in [4.78, 5) is 14.8. The Morgan fingerprint density at radius 2 is 2.00 bits per heavy atom. The Balaban J connectivity index is 1.52. The fourth-order valence-corrected chi connectivity index (χ4v) is 4.37. The second-order valence-electron chi connectivity index (χ2n) is 8.01. The number of rotatable bonds is 4. The Kier molecular flexibility index (Phi) is 5.32. The first-order valence-corrected chi connectivity index (χ1v) is 10.0. The quantitative estimate of drug-likeness (QED) is 0.840. The zero-order chi connectivity index (χ0) is 17.9. The fourth-order valence-electron chi connectivity index (χ4n) is 4.37. The average molecular weight is 351 g/mol. The summed E-state index contributed by atoms with van der Waals surface area (Å²) in [6.45, 7) is 6.66. The van der Waals surface area contributed by atoms with E-state index in [-0.39, 0.29) is 0 Å². The van der Waals surface area contributed by atoms with Crippen molar-refractivity contribution in [2.24, 2.45) is 0 Å². The van der Waals surface area contributed by atoms with Crippen molar-refractivity contribution in [3.05, 3.63) is 59.2 Å². The minimum Gasteiger partial charge on any atom is -0.302 e. The van der Waals surface area contributed by atoms with E-state index in [0.717, 1.165) is 38.4 Å². The molecule has 0 radical (unpaired) electrons. The highest BCUT2D eigenvalue weighted by Crippen LogP contribution is 2.32. The van der Waals surface area contributed by atoms with E-state index in [9.17, 15) is 0 Å². The van der Waals surface area contributed by atoms with Gasteiger partial charge in [0.15, 0.2) is 0 Å². The fraction of sp³-hybridized carbons (Fsp3) is 0.545. The van der Waals surface area contributed by atoms with Crippen LogP contribution in [0, 0.1) is 0 Å². The largest absolute Gasteiger partial charge is 0.302 e. The van der Waals surface area contributed by atoms with Crippen molar-refractivity contribution in [2.75, 3.05) is 26.7 Å². The van der Waals surface area contributed by atoms with E-state index in [1.807, 2.05) is 0 Å². The van der Waals surface area contributed by atoms with Gasteiger partial charge in [0.05, 0.1) is 6.04 Å². The number of likely N-dealkylation sites (N-methyl/N-ethyl adjacent to an activating group) is 1. The van der Waals surface area contributed by atoms with Gasteiger partial charge >= 0.3 is 0 Å². The molecule has 2 atom stereocenters. The highest BCUT2D eigenvalue weighted by molar-refractivity contribution is 5.22. The maximum absolute atomic E-state index is 5.02. The predicted molar refractivity (Wildman–Crippen MR) is 105 cm³/mol. The minimum atomic E-state index is 0.375. The van der Waals surface area contributed by atoms with Crippen LogP contribution < -0.4 is 0 Å². The van der Waals surface area contributed by atoms with Crippen LogP contribution in [-0.4, -0.2) is 46.4 Å². The average Bonchev–Trinajstić information content (AvgIpc) is 2.68. The lowest BCUT2D eigenvalue weighted by atomic mass is 9.96. The van der Waals surface area contributed by atoms with Crippen molar-refractivity contribution in [3.63, 3.8) is 0 Å². The maximum Gasteiger partial charge on any atom is 0.145 e. The van der Waals surface area contributed by atoms with Gasteiger partial charge < -0.3 is 4.90 Å². The highest BCUT2D eigenvalue weighted by Gasteiger charge is 2.28. The topological polar surface area (TPSA) is 32.3 Å². The van der Waals surface area contributed by atoms with Gasteiger partial charge in [0.1, 0.15) is 5.82 Å². The molecular weight excluding hydrogens is 320 g/mol. The summed E-state index contributed by atoms with van der Waals surface area (Å²) >= 11 is 0. The van der Waals surface area contributed by atoms with Crippen molar-refractivity contribution < 1.29 is 0 Å². The van der Waals surface area contributed by atoms with E-state index in [1.165, 1.54) is 36.1 Å². The van der Waals surface area contributed by atoms with Crippen LogP contribution in [-0.2, 0) is 13.0 Å². The summed E-state index contributed by atoms with van der Waals surface area (Å²) in [5.41, 5.74) is 4.00. The van der Waals surface area contributed by atoms with Gasteiger partial charge in [-0.1, -0.05) is 43.7 Å². The minimum absolute atomic E-state index is 0.375. The molecule has 4 nitrogen and oxygen atoms in total. The SMILES string of the molecule is C[C@H](CN1CCCC[C@H]1c1ncc2c(n1)CCN(C)C2)c1ccccc1. The number of nitrogens with zero attached hydrogens (tertiary/aromatic N) is 4. The van der Waals surface area contributed by atoms with Crippen LogP contribution in [0.25, 0.3) is 0 Å². The van der Waals surface area contributed by atoms with Gasteiger partial charge in [0, 0.05) is 43.5 Å². The number of hydrogen-bond donors (Lipinski definition) is 0. The first-order valence-electron chi connectivity index (χ1n) is 10.0. The van der Waals surface area contributed by atoms with E-state index < -0.39 is 0 Å². The number of benzene rings is 1. The smallest absolute Gasteiger partial charge is 0.145 e. The Morgan fingerprint density at radius 1 is 1.15 bits per heavy atom. The molecule has 0 bridgehead atoms. The van der Waals surface area contributed by atoms with Crippen molar-refractivity contribution >= 4 is 0 Å². The van der Waals surface area contributed by atoms with E-state index >= 15 is 0 Å². The molecule has 2 aliphatic rings. The third-order valence-corrected chi connectivity index (χ3v) is 5.93. The van der Waals surface area contributed by atoms with Crippen LogP contribution in [0.5, 0.6) is 0 Å².